The lowest BCUT2D eigenvalue weighted by atomic mass is 10.1. The Morgan fingerprint density at radius 2 is 1.88 bits per heavy atom. The molecule has 7 heteroatoms. The van der Waals surface area contributed by atoms with Crippen molar-refractivity contribution in [1.29, 1.82) is 0 Å². The van der Waals surface area contributed by atoms with Gasteiger partial charge in [-0.3, -0.25) is 4.79 Å². The zero-order chi connectivity index (χ0) is 17.3. The Hall–Kier alpha value is -2.02. The second-order valence-electron chi connectivity index (χ2n) is 5.36. The first-order chi connectivity index (χ1) is 11.4. The van der Waals surface area contributed by atoms with Crippen LogP contribution in [0.5, 0.6) is 0 Å². The van der Waals surface area contributed by atoms with Crippen LogP contribution in [-0.4, -0.2) is 23.1 Å². The van der Waals surface area contributed by atoms with Gasteiger partial charge < -0.3 is 4.90 Å². The molecule has 0 radical (unpaired) electrons. The van der Waals surface area contributed by atoms with Gasteiger partial charge in [-0.15, -0.1) is 11.8 Å². The van der Waals surface area contributed by atoms with E-state index in [9.17, 15) is 22.4 Å². The largest absolute Gasteiger partial charge is 0.416 e. The van der Waals surface area contributed by atoms with E-state index in [4.69, 9.17) is 0 Å². The molecule has 2 aromatic carbocycles. The van der Waals surface area contributed by atoms with E-state index in [0.29, 0.717) is 17.9 Å². The molecule has 2 aromatic rings. The molecule has 2 nitrogen and oxygen atoms in total. The average molecular weight is 355 g/mol. The standard InChI is InChI=1S/C17H13F4NOS/c18-14-6-2-3-11(10-14)15(23)22-7-8-24-16(22)12-4-1-5-13(9-12)17(19,20)21/h1-6,9-10,16H,7-8H2/t16-/m0/s1. The number of amides is 1. The number of halogens is 4. The molecule has 0 unspecified atom stereocenters. The van der Waals surface area contributed by atoms with Crippen LogP contribution in [0.4, 0.5) is 17.6 Å². The number of thioether (sulfide) groups is 1. The van der Waals surface area contributed by atoms with Gasteiger partial charge in [0.05, 0.1) is 5.56 Å². The van der Waals surface area contributed by atoms with Crippen molar-refractivity contribution < 1.29 is 22.4 Å². The van der Waals surface area contributed by atoms with Gasteiger partial charge in [-0.1, -0.05) is 18.2 Å². The van der Waals surface area contributed by atoms with Gasteiger partial charge in [-0.2, -0.15) is 13.2 Å². The zero-order valence-corrected chi connectivity index (χ0v) is 13.2. The molecule has 0 saturated carbocycles. The number of carbonyl (C=O) groups is 1. The highest BCUT2D eigenvalue weighted by atomic mass is 32.2. The quantitative estimate of drug-likeness (QED) is 0.726. The molecule has 1 aliphatic heterocycles. The van der Waals surface area contributed by atoms with Crippen molar-refractivity contribution in [2.75, 3.05) is 12.3 Å². The molecular formula is C17H13F4NOS. The van der Waals surface area contributed by atoms with Crippen LogP contribution in [0, 0.1) is 5.82 Å². The van der Waals surface area contributed by atoms with Gasteiger partial charge in [0, 0.05) is 17.9 Å². The third kappa shape index (κ3) is 3.40. The maximum Gasteiger partial charge on any atom is 0.416 e. The summed E-state index contributed by atoms with van der Waals surface area (Å²) in [6.45, 7) is 0.404. The molecule has 0 aliphatic carbocycles. The lowest BCUT2D eigenvalue weighted by Gasteiger charge is -2.25. The molecule has 1 saturated heterocycles. The van der Waals surface area contributed by atoms with Crippen molar-refractivity contribution in [3.63, 3.8) is 0 Å². The first kappa shape index (κ1) is 16.8. The smallest absolute Gasteiger partial charge is 0.322 e. The van der Waals surface area contributed by atoms with Crippen molar-refractivity contribution in [2.45, 2.75) is 11.6 Å². The number of alkyl halides is 3. The molecule has 126 valence electrons. The predicted octanol–water partition coefficient (Wildman–Crippen LogP) is 4.73. The summed E-state index contributed by atoms with van der Waals surface area (Å²) in [6, 6.07) is 10.3. The third-order valence-electron chi connectivity index (χ3n) is 3.72. The summed E-state index contributed by atoms with van der Waals surface area (Å²) in [7, 11) is 0. The van der Waals surface area contributed by atoms with E-state index in [2.05, 4.69) is 0 Å². The van der Waals surface area contributed by atoms with Gasteiger partial charge in [0.15, 0.2) is 0 Å². The van der Waals surface area contributed by atoms with Gasteiger partial charge in [-0.05, 0) is 35.9 Å². The molecule has 0 spiro atoms. The minimum atomic E-state index is -4.43. The number of carbonyl (C=O) groups excluding carboxylic acids is 1. The van der Waals surface area contributed by atoms with E-state index in [-0.39, 0.29) is 11.5 Å². The van der Waals surface area contributed by atoms with Gasteiger partial charge in [-0.25, -0.2) is 4.39 Å². The Morgan fingerprint density at radius 3 is 2.58 bits per heavy atom. The summed E-state index contributed by atoms with van der Waals surface area (Å²) in [5.41, 5.74) is -0.141. The Bertz CT molecular complexity index is 762. The van der Waals surface area contributed by atoms with Gasteiger partial charge in [0.25, 0.3) is 5.91 Å². The van der Waals surface area contributed by atoms with Crippen LogP contribution in [0.15, 0.2) is 48.5 Å². The second kappa shape index (κ2) is 6.47. The lowest BCUT2D eigenvalue weighted by molar-refractivity contribution is -0.137. The molecule has 1 fully saturated rings. The molecule has 24 heavy (non-hydrogen) atoms. The van der Waals surface area contributed by atoms with Crippen LogP contribution >= 0.6 is 11.8 Å². The van der Waals surface area contributed by atoms with Gasteiger partial charge in [0.2, 0.25) is 0 Å². The van der Waals surface area contributed by atoms with Crippen molar-refractivity contribution in [3.05, 3.63) is 71.0 Å². The normalized spacial score (nSPS) is 18.0. The maximum atomic E-state index is 13.3. The van der Waals surface area contributed by atoms with Crippen LogP contribution in [0.25, 0.3) is 0 Å². The Kier molecular flexibility index (Phi) is 4.54. The van der Waals surface area contributed by atoms with Crippen LogP contribution in [0.2, 0.25) is 0 Å². The summed E-state index contributed by atoms with van der Waals surface area (Å²) in [5.74, 6) is -0.299. The minimum Gasteiger partial charge on any atom is -0.322 e. The van der Waals surface area contributed by atoms with Crippen molar-refractivity contribution >= 4 is 17.7 Å². The highest BCUT2D eigenvalue weighted by Gasteiger charge is 2.34. The van der Waals surface area contributed by atoms with E-state index in [1.54, 1.807) is 6.07 Å². The Morgan fingerprint density at radius 1 is 1.12 bits per heavy atom. The number of nitrogens with zero attached hydrogens (tertiary/aromatic N) is 1. The SMILES string of the molecule is O=C(c1cccc(F)c1)N1CCS[C@H]1c1cccc(C(F)(F)F)c1. The van der Waals surface area contributed by atoms with Gasteiger partial charge in [0.1, 0.15) is 11.2 Å². The lowest BCUT2D eigenvalue weighted by Crippen LogP contribution is -2.30. The molecular weight excluding hydrogens is 342 g/mol. The first-order valence-electron chi connectivity index (χ1n) is 7.21. The molecule has 0 aromatic heterocycles. The van der Waals surface area contributed by atoms with E-state index in [1.807, 2.05) is 0 Å². The fourth-order valence-electron chi connectivity index (χ4n) is 2.61. The number of benzene rings is 2. The van der Waals surface area contributed by atoms with E-state index >= 15 is 0 Å². The monoisotopic (exact) mass is 355 g/mol. The van der Waals surface area contributed by atoms with Crippen LogP contribution in [-0.2, 0) is 6.18 Å². The summed E-state index contributed by atoms with van der Waals surface area (Å²) in [6.07, 6.45) is -4.43. The maximum absolute atomic E-state index is 13.3. The van der Waals surface area contributed by atoms with E-state index < -0.39 is 22.9 Å². The molecule has 3 rings (SSSR count). The third-order valence-corrected chi connectivity index (χ3v) is 4.98. The van der Waals surface area contributed by atoms with Crippen LogP contribution in [0.3, 0.4) is 0 Å². The summed E-state index contributed by atoms with van der Waals surface area (Å²) in [5, 5.41) is -0.511. The molecule has 0 bridgehead atoms. The van der Waals surface area contributed by atoms with Crippen molar-refractivity contribution in [2.24, 2.45) is 0 Å². The zero-order valence-electron chi connectivity index (χ0n) is 12.4. The fourth-order valence-corrected chi connectivity index (χ4v) is 3.86. The molecule has 1 atom stereocenters. The van der Waals surface area contributed by atoms with E-state index in [1.165, 1.54) is 40.9 Å². The minimum absolute atomic E-state index is 0.189. The molecule has 1 aliphatic rings. The van der Waals surface area contributed by atoms with Gasteiger partial charge >= 0.3 is 6.18 Å². The van der Waals surface area contributed by atoms with Crippen molar-refractivity contribution in [1.82, 2.24) is 4.90 Å². The predicted molar refractivity (Wildman–Crippen MR) is 84.1 cm³/mol. The van der Waals surface area contributed by atoms with E-state index in [0.717, 1.165) is 18.2 Å². The Labute approximate surface area is 140 Å². The number of hydrogen-bond donors (Lipinski definition) is 0. The fraction of sp³-hybridized carbons (Fsp3) is 0.235. The summed E-state index contributed by atoms with van der Waals surface area (Å²) in [4.78, 5) is 14.1. The highest BCUT2D eigenvalue weighted by Crippen LogP contribution is 2.40. The Balaban J connectivity index is 1.90. The molecule has 1 heterocycles. The summed E-state index contributed by atoms with van der Waals surface area (Å²) >= 11 is 1.39. The average Bonchev–Trinajstić information content (AvgIpc) is 3.03. The number of hydrogen-bond acceptors (Lipinski definition) is 2. The first-order valence-corrected chi connectivity index (χ1v) is 8.26. The van der Waals surface area contributed by atoms with Crippen LogP contribution in [0.1, 0.15) is 26.9 Å². The summed E-state index contributed by atoms with van der Waals surface area (Å²) < 4.78 is 52.0. The second-order valence-corrected chi connectivity index (χ2v) is 6.54. The molecule has 0 N–H and O–H groups in total. The molecule has 1 amide bonds. The van der Waals surface area contributed by atoms with Crippen molar-refractivity contribution in [3.8, 4) is 0 Å². The van der Waals surface area contributed by atoms with Crippen LogP contribution < -0.4 is 0 Å². The topological polar surface area (TPSA) is 20.3 Å². The number of rotatable bonds is 2. The highest BCUT2D eigenvalue weighted by molar-refractivity contribution is 7.99.